The van der Waals surface area contributed by atoms with E-state index in [0.717, 1.165) is 10.0 Å². The highest BCUT2D eigenvalue weighted by Crippen LogP contribution is 2.45. The predicted molar refractivity (Wildman–Crippen MR) is 157 cm³/mol. The Hall–Kier alpha value is -2.66. The molecule has 0 radical (unpaired) electrons. The van der Waals surface area contributed by atoms with Gasteiger partial charge in [0.1, 0.15) is 5.75 Å². The van der Waals surface area contributed by atoms with Gasteiger partial charge in [0.15, 0.2) is 11.6 Å². The van der Waals surface area contributed by atoms with Crippen LogP contribution in [0.2, 0.25) is 10.0 Å². The Balaban J connectivity index is 1.83. The van der Waals surface area contributed by atoms with Crippen molar-refractivity contribution in [2.45, 2.75) is 30.5 Å². The van der Waals surface area contributed by atoms with Crippen LogP contribution in [0.5, 0.6) is 5.75 Å². The maximum Gasteiger partial charge on any atom is 0.253 e. The molecule has 0 fully saturated rings. The zero-order valence-electron chi connectivity index (χ0n) is 21.4. The molecular formula is C29H29BrCl2N2O6. The van der Waals surface area contributed by atoms with Crippen molar-refractivity contribution in [2.24, 2.45) is 4.99 Å². The van der Waals surface area contributed by atoms with Crippen LogP contribution in [0.15, 0.2) is 76.2 Å². The summed E-state index contributed by atoms with van der Waals surface area (Å²) in [5, 5.41) is 31.9. The first kappa shape index (κ1) is 30.3. The van der Waals surface area contributed by atoms with Gasteiger partial charge in [0, 0.05) is 45.1 Å². The summed E-state index contributed by atoms with van der Waals surface area (Å²) in [6.07, 6.45) is -0.353. The number of hydrogen-bond acceptors (Lipinski definition) is 7. The topological polar surface area (TPSA) is 121 Å². The summed E-state index contributed by atoms with van der Waals surface area (Å²) in [5.74, 6) is 0.273. The molecule has 3 aromatic rings. The first-order valence-corrected chi connectivity index (χ1v) is 14.2. The first-order valence-electron chi connectivity index (χ1n) is 12.6. The lowest BCUT2D eigenvalue weighted by Crippen LogP contribution is -2.54. The predicted octanol–water partition coefficient (Wildman–Crippen LogP) is 4.49. The van der Waals surface area contributed by atoms with E-state index in [0.29, 0.717) is 39.9 Å². The molecule has 8 nitrogen and oxygen atoms in total. The van der Waals surface area contributed by atoms with Crippen LogP contribution in [0.4, 0.5) is 0 Å². The second-order valence-corrected chi connectivity index (χ2v) is 11.0. The van der Waals surface area contributed by atoms with Crippen molar-refractivity contribution in [3.63, 3.8) is 0 Å². The Morgan fingerprint density at radius 2 is 1.80 bits per heavy atom. The highest BCUT2D eigenvalue weighted by atomic mass is 79.9. The van der Waals surface area contributed by atoms with Crippen LogP contribution in [0.1, 0.15) is 29.2 Å². The van der Waals surface area contributed by atoms with E-state index in [4.69, 9.17) is 42.8 Å². The molecule has 3 aromatic carbocycles. The molecule has 1 heterocycles. The Bertz CT molecular complexity index is 1350. The third-order valence-corrected chi connectivity index (χ3v) is 7.80. The largest absolute Gasteiger partial charge is 0.494 e. The fraction of sp³-hybridized carbons (Fsp3) is 0.310. The van der Waals surface area contributed by atoms with Gasteiger partial charge < -0.3 is 30.1 Å². The molecule has 0 saturated heterocycles. The van der Waals surface area contributed by atoms with Gasteiger partial charge in [0.05, 0.1) is 25.9 Å². The van der Waals surface area contributed by atoms with Crippen LogP contribution in [-0.2, 0) is 16.0 Å². The number of halogens is 3. The number of carbonyl (C=O) groups is 1. The smallest absolute Gasteiger partial charge is 0.253 e. The van der Waals surface area contributed by atoms with Crippen LogP contribution in [0.25, 0.3) is 0 Å². The fourth-order valence-electron chi connectivity index (χ4n) is 4.36. The monoisotopic (exact) mass is 650 g/mol. The second kappa shape index (κ2) is 13.8. The minimum atomic E-state index is -1.57. The standard InChI is InChI=1S/C29H29BrCl2N2O6/c30-24-5-2-1-4-19(24)15-29(28(38)33-21(16-36)17-37)26(23-11-8-20(31)14-25(23)32)40-27(34-29)18-6-9-22(10-7-18)39-13-3-12-35/h1-2,4-11,14,21,26,35-37H,3,12-13,15-17H2,(H,33,38)/t26-,29-/m1/s1. The molecule has 4 rings (SSSR count). The van der Waals surface area contributed by atoms with Gasteiger partial charge in [-0.2, -0.15) is 0 Å². The van der Waals surface area contributed by atoms with Crippen LogP contribution in [0.3, 0.4) is 0 Å². The number of ether oxygens (including phenoxy) is 2. The van der Waals surface area contributed by atoms with Gasteiger partial charge in [-0.15, -0.1) is 0 Å². The molecule has 40 heavy (non-hydrogen) atoms. The van der Waals surface area contributed by atoms with Crippen LogP contribution in [0, 0.1) is 0 Å². The molecule has 4 N–H and O–H groups in total. The molecule has 1 aliphatic heterocycles. The Labute approximate surface area is 250 Å². The van der Waals surface area contributed by atoms with E-state index < -0.39 is 36.8 Å². The average molecular weight is 652 g/mol. The number of benzene rings is 3. The number of aliphatic hydroxyl groups is 3. The van der Waals surface area contributed by atoms with Crippen molar-refractivity contribution in [2.75, 3.05) is 26.4 Å². The minimum Gasteiger partial charge on any atom is -0.494 e. The number of hydrogen-bond donors (Lipinski definition) is 4. The van der Waals surface area contributed by atoms with E-state index in [1.807, 2.05) is 24.3 Å². The zero-order valence-corrected chi connectivity index (χ0v) is 24.5. The Kier molecular flexibility index (Phi) is 10.5. The number of nitrogens with zero attached hydrogens (tertiary/aromatic N) is 1. The number of aliphatic imine (C=N–C) groups is 1. The number of carbonyl (C=O) groups excluding carboxylic acids is 1. The molecule has 212 valence electrons. The summed E-state index contributed by atoms with van der Waals surface area (Å²) in [5.41, 5.74) is 0.321. The number of rotatable bonds is 12. The van der Waals surface area contributed by atoms with Gasteiger partial charge in [-0.3, -0.25) is 4.79 Å². The lowest BCUT2D eigenvalue weighted by Gasteiger charge is -2.32. The molecule has 0 saturated carbocycles. The summed E-state index contributed by atoms with van der Waals surface area (Å²) in [4.78, 5) is 19.0. The summed E-state index contributed by atoms with van der Waals surface area (Å²) >= 11 is 16.4. The van der Waals surface area contributed by atoms with Crippen molar-refractivity contribution in [3.8, 4) is 5.75 Å². The quantitative estimate of drug-likeness (QED) is 0.214. The molecule has 1 amide bonds. The van der Waals surface area contributed by atoms with Crippen LogP contribution >= 0.6 is 39.1 Å². The normalized spacial score (nSPS) is 18.4. The number of nitrogens with one attached hydrogen (secondary N) is 1. The van der Waals surface area contributed by atoms with Crippen molar-refractivity contribution < 1.29 is 29.6 Å². The van der Waals surface area contributed by atoms with E-state index in [1.165, 1.54) is 0 Å². The maximum absolute atomic E-state index is 14.1. The molecule has 0 aromatic heterocycles. The molecule has 0 unspecified atom stereocenters. The molecule has 0 spiro atoms. The molecule has 2 atom stereocenters. The van der Waals surface area contributed by atoms with Gasteiger partial charge in [-0.1, -0.05) is 63.4 Å². The second-order valence-electron chi connectivity index (χ2n) is 9.26. The highest BCUT2D eigenvalue weighted by Gasteiger charge is 2.54. The minimum absolute atomic E-state index is 0.0342. The maximum atomic E-state index is 14.1. The lowest BCUT2D eigenvalue weighted by atomic mass is 9.81. The van der Waals surface area contributed by atoms with Gasteiger partial charge in [-0.05, 0) is 48.0 Å². The Morgan fingerprint density at radius 3 is 2.45 bits per heavy atom. The zero-order chi connectivity index (χ0) is 28.7. The van der Waals surface area contributed by atoms with Gasteiger partial charge >= 0.3 is 0 Å². The van der Waals surface area contributed by atoms with Crippen LogP contribution in [-0.4, -0.2) is 65.1 Å². The van der Waals surface area contributed by atoms with Gasteiger partial charge in [0.2, 0.25) is 5.90 Å². The van der Waals surface area contributed by atoms with Crippen molar-refractivity contribution in [3.05, 3.63) is 97.9 Å². The molecular weight excluding hydrogens is 623 g/mol. The summed E-state index contributed by atoms with van der Waals surface area (Å²) in [6, 6.07) is 18.5. The number of aliphatic hydroxyl groups excluding tert-OH is 3. The molecule has 11 heteroatoms. The van der Waals surface area contributed by atoms with Crippen molar-refractivity contribution in [1.82, 2.24) is 5.32 Å². The van der Waals surface area contributed by atoms with Gasteiger partial charge in [0.25, 0.3) is 5.91 Å². The highest BCUT2D eigenvalue weighted by molar-refractivity contribution is 9.10. The lowest BCUT2D eigenvalue weighted by molar-refractivity contribution is -0.130. The molecule has 1 aliphatic rings. The van der Waals surface area contributed by atoms with Crippen LogP contribution < -0.4 is 10.1 Å². The number of amides is 1. The fourth-order valence-corrected chi connectivity index (χ4v) is 5.30. The summed E-state index contributed by atoms with van der Waals surface area (Å²) < 4.78 is 12.8. The van der Waals surface area contributed by atoms with Crippen molar-refractivity contribution in [1.29, 1.82) is 0 Å². The third kappa shape index (κ3) is 6.79. The van der Waals surface area contributed by atoms with Gasteiger partial charge in [-0.25, -0.2) is 4.99 Å². The Morgan fingerprint density at radius 1 is 1.07 bits per heavy atom. The third-order valence-electron chi connectivity index (χ3n) is 6.47. The van der Waals surface area contributed by atoms with E-state index in [-0.39, 0.29) is 18.9 Å². The average Bonchev–Trinajstić information content (AvgIpc) is 3.33. The molecule has 0 bridgehead atoms. The summed E-state index contributed by atoms with van der Waals surface area (Å²) in [6.45, 7) is -0.521. The van der Waals surface area contributed by atoms with E-state index in [1.54, 1.807) is 42.5 Å². The SMILES string of the molecule is O=C(NC(CO)CO)[C@]1(Cc2ccccc2Br)N=C(c2ccc(OCCCO)cc2)O[C@@H]1c1ccc(Cl)cc1Cl. The van der Waals surface area contributed by atoms with Crippen molar-refractivity contribution >= 4 is 50.9 Å². The summed E-state index contributed by atoms with van der Waals surface area (Å²) in [7, 11) is 0. The van der Waals surface area contributed by atoms with E-state index in [9.17, 15) is 15.0 Å². The van der Waals surface area contributed by atoms with E-state index >= 15 is 0 Å². The first-order chi connectivity index (χ1) is 19.3. The molecule has 0 aliphatic carbocycles. The van der Waals surface area contributed by atoms with E-state index in [2.05, 4.69) is 21.2 Å².